The number of nitriles is 1. The highest BCUT2D eigenvalue weighted by Gasteiger charge is 2.51. The maximum atomic E-state index is 12.9. The molecule has 0 radical (unpaired) electrons. The van der Waals surface area contributed by atoms with E-state index in [-0.39, 0.29) is 5.56 Å². The lowest BCUT2D eigenvalue weighted by Crippen LogP contribution is -2.39. The Bertz CT molecular complexity index is 989. The molecule has 0 amide bonds. The molecule has 0 bridgehead atoms. The van der Waals surface area contributed by atoms with Crippen LogP contribution in [0.3, 0.4) is 0 Å². The number of nitrogens with zero attached hydrogens (tertiary/aromatic N) is 1. The highest BCUT2D eigenvalue weighted by Crippen LogP contribution is 2.40. The van der Waals surface area contributed by atoms with Gasteiger partial charge in [0.05, 0.1) is 11.6 Å². The van der Waals surface area contributed by atoms with Crippen molar-refractivity contribution in [2.45, 2.75) is 28.5 Å². The zero-order valence-electron chi connectivity index (χ0n) is 13.7. The van der Waals surface area contributed by atoms with Gasteiger partial charge in [-0.25, -0.2) is 0 Å². The molecule has 0 aliphatic carbocycles. The molecule has 26 heavy (non-hydrogen) atoms. The molecule has 3 aromatic carbocycles. The predicted octanol–water partition coefficient (Wildman–Crippen LogP) is 5.63. The topological polar surface area (TPSA) is 44.0 Å². The van der Waals surface area contributed by atoms with Gasteiger partial charge in [-0.05, 0) is 42.1 Å². The molecule has 0 heterocycles. The standard InChI is InChI=1S/C20H14F3NOS/c1-19(25,20(21,22)23)14-7-9-15(10-8-14)26-18-11-6-13(12-24)16-4-2-3-5-17(16)18/h2-11,25H,1H3. The van der Waals surface area contributed by atoms with Crippen molar-refractivity contribution < 1.29 is 18.3 Å². The molecule has 0 fully saturated rings. The first-order valence-electron chi connectivity index (χ1n) is 7.73. The Hall–Kier alpha value is -2.49. The molecule has 132 valence electrons. The second kappa shape index (κ2) is 6.67. The number of benzene rings is 3. The van der Waals surface area contributed by atoms with E-state index < -0.39 is 11.8 Å². The molecule has 0 spiro atoms. The van der Waals surface area contributed by atoms with Crippen molar-refractivity contribution >= 4 is 22.5 Å². The summed E-state index contributed by atoms with van der Waals surface area (Å²) in [5.41, 5.74) is -2.53. The fraction of sp³-hybridized carbons (Fsp3) is 0.150. The Labute approximate surface area is 152 Å². The molecule has 0 aromatic heterocycles. The Morgan fingerprint density at radius 2 is 1.54 bits per heavy atom. The molecule has 0 aliphatic heterocycles. The van der Waals surface area contributed by atoms with E-state index in [1.54, 1.807) is 18.2 Å². The van der Waals surface area contributed by atoms with Crippen molar-refractivity contribution in [2.75, 3.05) is 0 Å². The monoisotopic (exact) mass is 373 g/mol. The van der Waals surface area contributed by atoms with Gasteiger partial charge in [0, 0.05) is 15.2 Å². The molecule has 0 saturated carbocycles. The van der Waals surface area contributed by atoms with Crippen LogP contribution in [0.5, 0.6) is 0 Å². The molecule has 6 heteroatoms. The first kappa shape index (κ1) is 18.3. The van der Waals surface area contributed by atoms with Gasteiger partial charge in [0.25, 0.3) is 0 Å². The maximum absolute atomic E-state index is 12.9. The zero-order chi connectivity index (χ0) is 18.9. The first-order chi connectivity index (χ1) is 12.2. The molecule has 0 saturated heterocycles. The van der Waals surface area contributed by atoms with E-state index in [1.165, 1.54) is 23.9 Å². The van der Waals surface area contributed by atoms with E-state index in [0.717, 1.165) is 27.5 Å². The van der Waals surface area contributed by atoms with E-state index in [1.807, 2.05) is 30.3 Å². The first-order valence-corrected chi connectivity index (χ1v) is 8.55. The smallest absolute Gasteiger partial charge is 0.376 e. The van der Waals surface area contributed by atoms with Crippen LogP contribution in [0, 0.1) is 11.3 Å². The van der Waals surface area contributed by atoms with E-state index in [2.05, 4.69) is 6.07 Å². The Balaban J connectivity index is 1.94. The minimum absolute atomic E-state index is 0.209. The molecular formula is C20H14F3NOS. The van der Waals surface area contributed by atoms with Crippen LogP contribution in [-0.4, -0.2) is 11.3 Å². The van der Waals surface area contributed by atoms with Crippen LogP contribution >= 0.6 is 11.8 Å². The fourth-order valence-corrected chi connectivity index (χ4v) is 3.55. The third-order valence-electron chi connectivity index (χ3n) is 4.20. The normalized spacial score (nSPS) is 14.0. The van der Waals surface area contributed by atoms with Gasteiger partial charge >= 0.3 is 6.18 Å². The minimum atomic E-state index is -4.75. The Morgan fingerprint density at radius 1 is 0.923 bits per heavy atom. The van der Waals surface area contributed by atoms with Crippen LogP contribution in [0.15, 0.2) is 70.5 Å². The summed E-state index contributed by atoms with van der Waals surface area (Å²) in [6.07, 6.45) is -4.75. The highest BCUT2D eigenvalue weighted by molar-refractivity contribution is 7.99. The summed E-state index contributed by atoms with van der Waals surface area (Å²) >= 11 is 1.39. The van der Waals surface area contributed by atoms with Crippen molar-refractivity contribution in [3.63, 3.8) is 0 Å². The van der Waals surface area contributed by atoms with Crippen LogP contribution < -0.4 is 0 Å². The number of aliphatic hydroxyl groups is 1. The van der Waals surface area contributed by atoms with Crippen molar-refractivity contribution in [1.29, 1.82) is 5.26 Å². The summed E-state index contributed by atoms with van der Waals surface area (Å²) in [7, 11) is 0. The van der Waals surface area contributed by atoms with Gasteiger partial charge in [-0.15, -0.1) is 0 Å². The van der Waals surface area contributed by atoms with Gasteiger partial charge in [0.2, 0.25) is 0 Å². The van der Waals surface area contributed by atoms with Crippen molar-refractivity contribution in [2.24, 2.45) is 0 Å². The molecule has 3 rings (SSSR count). The Morgan fingerprint density at radius 3 is 2.12 bits per heavy atom. The summed E-state index contributed by atoms with van der Waals surface area (Å²) < 4.78 is 38.8. The van der Waals surface area contributed by atoms with Gasteiger partial charge in [0.15, 0.2) is 5.60 Å². The molecule has 0 aliphatic rings. The largest absolute Gasteiger partial charge is 0.421 e. The number of alkyl halides is 3. The zero-order valence-corrected chi connectivity index (χ0v) is 14.5. The number of hydrogen-bond donors (Lipinski definition) is 1. The number of rotatable bonds is 3. The molecule has 2 nitrogen and oxygen atoms in total. The molecule has 1 atom stereocenters. The third-order valence-corrected chi connectivity index (χ3v) is 5.28. The van der Waals surface area contributed by atoms with Crippen molar-refractivity contribution in [3.8, 4) is 6.07 Å². The van der Waals surface area contributed by atoms with E-state index in [0.29, 0.717) is 5.56 Å². The van der Waals surface area contributed by atoms with E-state index in [9.17, 15) is 23.5 Å². The average molecular weight is 373 g/mol. The molecular weight excluding hydrogens is 359 g/mol. The maximum Gasteiger partial charge on any atom is 0.421 e. The van der Waals surface area contributed by atoms with Crippen molar-refractivity contribution in [3.05, 3.63) is 71.8 Å². The van der Waals surface area contributed by atoms with E-state index >= 15 is 0 Å². The fourth-order valence-electron chi connectivity index (χ4n) is 2.60. The lowest BCUT2D eigenvalue weighted by atomic mass is 9.96. The van der Waals surface area contributed by atoms with Gasteiger partial charge in [-0.3, -0.25) is 0 Å². The third kappa shape index (κ3) is 3.28. The highest BCUT2D eigenvalue weighted by atomic mass is 32.2. The number of hydrogen-bond acceptors (Lipinski definition) is 3. The lowest BCUT2D eigenvalue weighted by Gasteiger charge is -2.26. The van der Waals surface area contributed by atoms with Crippen LogP contribution in [-0.2, 0) is 5.60 Å². The summed E-state index contributed by atoms with van der Waals surface area (Å²) in [4.78, 5) is 1.64. The van der Waals surface area contributed by atoms with Gasteiger partial charge in [-0.1, -0.05) is 48.2 Å². The van der Waals surface area contributed by atoms with Crippen LogP contribution in [0.2, 0.25) is 0 Å². The van der Waals surface area contributed by atoms with Gasteiger partial charge in [0.1, 0.15) is 0 Å². The second-order valence-electron chi connectivity index (χ2n) is 5.97. The van der Waals surface area contributed by atoms with E-state index in [4.69, 9.17) is 0 Å². The second-order valence-corrected chi connectivity index (χ2v) is 7.08. The summed E-state index contributed by atoms with van der Waals surface area (Å²) in [6.45, 7) is 0.739. The number of halogens is 3. The van der Waals surface area contributed by atoms with Crippen LogP contribution in [0.25, 0.3) is 10.8 Å². The summed E-state index contributed by atoms with van der Waals surface area (Å²) in [5, 5.41) is 20.7. The molecule has 1 N–H and O–H groups in total. The summed E-state index contributed by atoms with van der Waals surface area (Å²) in [6, 6.07) is 18.9. The van der Waals surface area contributed by atoms with Gasteiger partial charge in [-0.2, -0.15) is 18.4 Å². The SMILES string of the molecule is CC(O)(c1ccc(Sc2ccc(C#N)c3ccccc23)cc1)C(F)(F)F. The number of fused-ring (bicyclic) bond motifs is 1. The molecule has 3 aromatic rings. The Kier molecular flexibility index (Phi) is 4.70. The van der Waals surface area contributed by atoms with Crippen LogP contribution in [0.1, 0.15) is 18.1 Å². The summed E-state index contributed by atoms with van der Waals surface area (Å²) in [5.74, 6) is 0. The minimum Gasteiger partial charge on any atom is -0.376 e. The van der Waals surface area contributed by atoms with Crippen LogP contribution in [0.4, 0.5) is 13.2 Å². The predicted molar refractivity (Wildman–Crippen MR) is 94.9 cm³/mol. The lowest BCUT2D eigenvalue weighted by molar-refractivity contribution is -0.258. The van der Waals surface area contributed by atoms with Gasteiger partial charge < -0.3 is 5.11 Å². The molecule has 1 unspecified atom stereocenters. The average Bonchev–Trinajstić information content (AvgIpc) is 2.61. The van der Waals surface area contributed by atoms with Crippen molar-refractivity contribution in [1.82, 2.24) is 0 Å². The quantitative estimate of drug-likeness (QED) is 0.647.